The highest BCUT2D eigenvalue weighted by atomic mass is 35.5. The molecule has 0 aliphatic carbocycles. The number of pyridine rings is 1. The molecule has 2 heterocycles. The first-order valence-corrected chi connectivity index (χ1v) is 6.08. The molecule has 0 aromatic carbocycles. The van der Waals surface area contributed by atoms with E-state index in [1.54, 1.807) is 24.8 Å². The van der Waals surface area contributed by atoms with Crippen molar-refractivity contribution >= 4 is 29.3 Å². The topological polar surface area (TPSA) is 39.2 Å². The molecule has 1 aliphatic rings. The summed E-state index contributed by atoms with van der Waals surface area (Å²) in [6, 6.07) is 1.79. The summed E-state index contributed by atoms with van der Waals surface area (Å²) < 4.78 is 4.90. The molecule has 0 fully saturated rings. The Hall–Kier alpha value is -0.740. The monoisotopic (exact) mass is 243 g/mol. The Morgan fingerprint density at radius 2 is 2.53 bits per heavy atom. The zero-order valence-corrected chi connectivity index (χ0v) is 9.82. The number of nitrogens with zero attached hydrogens (tertiary/aromatic N) is 1. The van der Waals surface area contributed by atoms with Crippen LogP contribution >= 0.6 is 23.4 Å². The fraction of sp³-hybridized carbons (Fsp3) is 0.400. The molecule has 3 nitrogen and oxygen atoms in total. The van der Waals surface area contributed by atoms with Gasteiger partial charge in [-0.05, 0) is 25.0 Å². The summed E-state index contributed by atoms with van der Waals surface area (Å²) in [7, 11) is 0. The van der Waals surface area contributed by atoms with Crippen molar-refractivity contribution in [1.82, 2.24) is 4.98 Å². The van der Waals surface area contributed by atoms with Gasteiger partial charge in [-0.25, -0.2) is 9.78 Å². The molecule has 80 valence electrons. The quantitative estimate of drug-likeness (QED) is 0.591. The fourth-order valence-electron chi connectivity index (χ4n) is 1.43. The number of halogens is 1. The van der Waals surface area contributed by atoms with Gasteiger partial charge in [0.1, 0.15) is 10.2 Å². The lowest BCUT2D eigenvalue weighted by atomic mass is 10.2. The van der Waals surface area contributed by atoms with E-state index in [0.29, 0.717) is 12.2 Å². The molecule has 0 unspecified atom stereocenters. The highest BCUT2D eigenvalue weighted by molar-refractivity contribution is 7.99. The molecule has 0 bridgehead atoms. The van der Waals surface area contributed by atoms with Crippen molar-refractivity contribution < 1.29 is 9.53 Å². The Kier molecular flexibility index (Phi) is 3.17. The van der Waals surface area contributed by atoms with E-state index in [1.165, 1.54) is 0 Å². The minimum atomic E-state index is -0.394. The van der Waals surface area contributed by atoms with E-state index in [2.05, 4.69) is 4.98 Å². The van der Waals surface area contributed by atoms with Crippen molar-refractivity contribution in [2.45, 2.75) is 18.4 Å². The minimum Gasteiger partial charge on any atom is -0.462 e. The summed E-state index contributed by atoms with van der Waals surface area (Å²) >= 11 is 7.58. The van der Waals surface area contributed by atoms with E-state index in [0.717, 1.165) is 22.8 Å². The highest BCUT2D eigenvalue weighted by Crippen LogP contribution is 2.32. The predicted molar refractivity (Wildman–Crippen MR) is 59.6 cm³/mol. The molecule has 0 radical (unpaired) electrons. The van der Waals surface area contributed by atoms with E-state index in [1.807, 2.05) is 0 Å². The summed E-state index contributed by atoms with van der Waals surface area (Å²) in [5.41, 5.74) is 1.47. The predicted octanol–water partition coefficient (Wildman–Crippen LogP) is 2.56. The third-order valence-electron chi connectivity index (χ3n) is 2.12. The lowest BCUT2D eigenvalue weighted by molar-refractivity contribution is 0.0526. The molecule has 0 N–H and O–H groups in total. The van der Waals surface area contributed by atoms with Crippen LogP contribution in [-0.4, -0.2) is 23.3 Å². The normalized spacial score (nSPS) is 13.7. The number of carbonyl (C=O) groups excluding carboxylic acids is 1. The van der Waals surface area contributed by atoms with Gasteiger partial charge in [0.15, 0.2) is 0 Å². The van der Waals surface area contributed by atoms with Crippen molar-refractivity contribution in [3.8, 4) is 0 Å². The van der Waals surface area contributed by atoms with Crippen LogP contribution in [0.5, 0.6) is 0 Å². The van der Waals surface area contributed by atoms with Gasteiger partial charge < -0.3 is 4.74 Å². The number of ether oxygens (including phenoxy) is 1. The van der Waals surface area contributed by atoms with Gasteiger partial charge in [0.05, 0.1) is 12.2 Å². The molecule has 0 saturated carbocycles. The first kappa shape index (κ1) is 10.8. The van der Waals surface area contributed by atoms with E-state index < -0.39 is 5.97 Å². The molecule has 1 aromatic heterocycles. The highest BCUT2D eigenvalue weighted by Gasteiger charge is 2.20. The molecule has 1 aliphatic heterocycles. The molecule has 2 rings (SSSR count). The zero-order chi connectivity index (χ0) is 10.8. The van der Waals surface area contributed by atoms with Crippen LogP contribution in [-0.2, 0) is 11.2 Å². The molecule has 1 aromatic rings. The van der Waals surface area contributed by atoms with Crippen molar-refractivity contribution in [2.24, 2.45) is 0 Å². The Morgan fingerprint density at radius 1 is 1.73 bits per heavy atom. The third kappa shape index (κ3) is 2.11. The first-order chi connectivity index (χ1) is 7.22. The molecule has 0 amide bonds. The van der Waals surface area contributed by atoms with Crippen LogP contribution in [0.3, 0.4) is 0 Å². The summed E-state index contributed by atoms with van der Waals surface area (Å²) in [6.07, 6.45) is 0.941. The van der Waals surface area contributed by atoms with Gasteiger partial charge in [-0.1, -0.05) is 11.6 Å². The summed E-state index contributed by atoms with van der Waals surface area (Å²) in [5.74, 6) is 0.611. The van der Waals surface area contributed by atoms with Gasteiger partial charge >= 0.3 is 5.97 Å². The van der Waals surface area contributed by atoms with E-state index in [9.17, 15) is 4.79 Å². The van der Waals surface area contributed by atoms with Gasteiger partial charge in [-0.2, -0.15) is 0 Å². The number of hydrogen-bond acceptors (Lipinski definition) is 4. The number of carbonyl (C=O) groups is 1. The Balaban J connectivity index is 2.36. The van der Waals surface area contributed by atoms with Gasteiger partial charge in [0.2, 0.25) is 0 Å². The second kappa shape index (κ2) is 4.41. The number of aromatic nitrogens is 1. The number of thioether (sulfide) groups is 1. The molecule has 15 heavy (non-hydrogen) atoms. The van der Waals surface area contributed by atoms with E-state index in [-0.39, 0.29) is 5.15 Å². The summed E-state index contributed by atoms with van der Waals surface area (Å²) in [6.45, 7) is 2.11. The Bertz CT molecular complexity index is 409. The second-order valence-electron chi connectivity index (χ2n) is 3.11. The Labute approximate surface area is 97.2 Å². The number of esters is 1. The van der Waals surface area contributed by atoms with E-state index >= 15 is 0 Å². The molecule has 5 heteroatoms. The van der Waals surface area contributed by atoms with Crippen LogP contribution in [0, 0.1) is 0 Å². The molecular weight excluding hydrogens is 234 g/mol. The van der Waals surface area contributed by atoms with Crippen LogP contribution in [0.2, 0.25) is 5.15 Å². The van der Waals surface area contributed by atoms with Crippen molar-refractivity contribution in [1.29, 1.82) is 0 Å². The molecular formula is C10H10ClNO2S. The average Bonchev–Trinajstić information content (AvgIpc) is 2.63. The maximum absolute atomic E-state index is 11.5. The van der Waals surface area contributed by atoms with Crippen molar-refractivity contribution in [3.63, 3.8) is 0 Å². The zero-order valence-electron chi connectivity index (χ0n) is 8.25. The summed E-state index contributed by atoms with van der Waals surface area (Å²) in [4.78, 5) is 15.7. The molecule has 0 spiro atoms. The molecule has 0 saturated heterocycles. The maximum Gasteiger partial charge on any atom is 0.341 e. The minimum absolute atomic E-state index is 0.238. The van der Waals surface area contributed by atoms with Crippen LogP contribution < -0.4 is 0 Å². The number of fused-ring (bicyclic) bond motifs is 1. The van der Waals surface area contributed by atoms with Crippen LogP contribution in [0.1, 0.15) is 22.8 Å². The van der Waals surface area contributed by atoms with Crippen molar-refractivity contribution in [3.05, 3.63) is 22.3 Å². The number of rotatable bonds is 2. The SMILES string of the molecule is CCOC(=O)c1cc2c(nc1Cl)SCC2. The van der Waals surface area contributed by atoms with Crippen LogP contribution in [0.25, 0.3) is 0 Å². The Morgan fingerprint density at radius 3 is 3.27 bits per heavy atom. The maximum atomic E-state index is 11.5. The lowest BCUT2D eigenvalue weighted by Gasteiger charge is -2.05. The fourth-order valence-corrected chi connectivity index (χ4v) is 2.71. The number of hydrogen-bond donors (Lipinski definition) is 0. The average molecular weight is 244 g/mol. The van der Waals surface area contributed by atoms with Gasteiger partial charge in [-0.3, -0.25) is 0 Å². The first-order valence-electron chi connectivity index (χ1n) is 4.71. The second-order valence-corrected chi connectivity index (χ2v) is 4.55. The lowest BCUT2D eigenvalue weighted by Crippen LogP contribution is -2.07. The van der Waals surface area contributed by atoms with Gasteiger partial charge in [0, 0.05) is 5.75 Å². The third-order valence-corrected chi connectivity index (χ3v) is 3.44. The van der Waals surface area contributed by atoms with Crippen LogP contribution in [0.4, 0.5) is 0 Å². The van der Waals surface area contributed by atoms with E-state index in [4.69, 9.17) is 16.3 Å². The summed E-state index contributed by atoms with van der Waals surface area (Å²) in [5, 5.41) is 1.18. The largest absolute Gasteiger partial charge is 0.462 e. The van der Waals surface area contributed by atoms with Gasteiger partial charge in [-0.15, -0.1) is 11.8 Å². The van der Waals surface area contributed by atoms with Crippen molar-refractivity contribution in [2.75, 3.05) is 12.4 Å². The standard InChI is InChI=1S/C10H10ClNO2S/c1-2-14-10(13)7-5-6-3-4-15-9(6)12-8(7)11/h5H,2-4H2,1H3. The smallest absolute Gasteiger partial charge is 0.341 e. The number of aryl methyl sites for hydroxylation is 1. The van der Waals surface area contributed by atoms with Gasteiger partial charge in [0.25, 0.3) is 0 Å². The molecule has 0 atom stereocenters. The van der Waals surface area contributed by atoms with Crippen LogP contribution in [0.15, 0.2) is 11.1 Å².